The Hall–Kier alpha value is -1.21. The van der Waals surface area contributed by atoms with Crippen molar-refractivity contribution in [1.82, 2.24) is 4.57 Å². The van der Waals surface area contributed by atoms with Gasteiger partial charge in [0.15, 0.2) is 15.7 Å². The normalized spacial score (nSPS) is 13.0. The van der Waals surface area contributed by atoms with Gasteiger partial charge in [-0.25, -0.2) is 8.42 Å². The van der Waals surface area contributed by atoms with Crippen molar-refractivity contribution in [2.24, 2.45) is 0 Å². The Kier molecular flexibility index (Phi) is 14.8. The van der Waals surface area contributed by atoms with Crippen LogP contribution in [-0.4, -0.2) is 40.2 Å². The van der Waals surface area contributed by atoms with E-state index in [0.717, 1.165) is 25.3 Å². The molecule has 0 spiro atoms. The highest BCUT2D eigenvalue weighted by atomic mass is 32.2. The van der Waals surface area contributed by atoms with Crippen molar-refractivity contribution >= 4 is 9.84 Å². The van der Waals surface area contributed by atoms with E-state index >= 15 is 0 Å². The summed E-state index contributed by atoms with van der Waals surface area (Å²) in [7, 11) is -3.83. The molecular formula is C25H47NO5S. The van der Waals surface area contributed by atoms with Gasteiger partial charge in [0.25, 0.3) is 0 Å². The molecule has 32 heavy (non-hydrogen) atoms. The topological polar surface area (TPSA) is 99.8 Å². The third-order valence-corrected chi connectivity index (χ3v) is 7.94. The maximum atomic E-state index is 12.2. The second-order valence-electron chi connectivity index (χ2n) is 9.28. The number of hydrogen-bond donors (Lipinski definition) is 3. The van der Waals surface area contributed by atoms with Crippen molar-refractivity contribution < 1.29 is 23.7 Å². The lowest BCUT2D eigenvalue weighted by atomic mass is 10.0. The average Bonchev–Trinajstić information content (AvgIpc) is 3.01. The van der Waals surface area contributed by atoms with Gasteiger partial charge in [0.05, 0.1) is 11.9 Å². The fourth-order valence-corrected chi connectivity index (χ4v) is 5.66. The first-order chi connectivity index (χ1) is 15.3. The SMILES string of the molecule is CCCCCCCCCCCCCCCCCCn1c(O)cc(S(=O)(=O)CC(C)O)c1O. The smallest absolute Gasteiger partial charge is 0.213 e. The lowest BCUT2D eigenvalue weighted by molar-refractivity contribution is 0.218. The Labute approximate surface area is 196 Å². The molecule has 0 saturated heterocycles. The third-order valence-electron chi connectivity index (χ3n) is 6.04. The number of hydrogen-bond acceptors (Lipinski definition) is 5. The van der Waals surface area contributed by atoms with Crippen LogP contribution in [-0.2, 0) is 16.4 Å². The highest BCUT2D eigenvalue weighted by Crippen LogP contribution is 2.32. The zero-order valence-corrected chi connectivity index (χ0v) is 21.2. The minimum atomic E-state index is -3.83. The summed E-state index contributed by atoms with van der Waals surface area (Å²) in [5.41, 5.74) is 0. The van der Waals surface area contributed by atoms with E-state index in [9.17, 15) is 23.7 Å². The minimum Gasteiger partial charge on any atom is -0.494 e. The molecule has 1 unspecified atom stereocenters. The zero-order chi connectivity index (χ0) is 23.8. The third kappa shape index (κ3) is 11.6. The van der Waals surface area contributed by atoms with E-state index in [0.29, 0.717) is 6.54 Å². The molecule has 0 bridgehead atoms. The molecule has 1 aromatic heterocycles. The number of aliphatic hydroxyl groups is 1. The van der Waals surface area contributed by atoms with Crippen molar-refractivity contribution in [3.05, 3.63) is 6.07 Å². The Bertz CT molecular complexity index is 712. The van der Waals surface area contributed by atoms with E-state index in [-0.39, 0.29) is 10.8 Å². The van der Waals surface area contributed by atoms with Gasteiger partial charge in [-0.05, 0) is 13.3 Å². The summed E-state index contributed by atoms with van der Waals surface area (Å²) in [6.07, 6.45) is 19.3. The molecule has 3 N–H and O–H groups in total. The summed E-state index contributed by atoms with van der Waals surface area (Å²) in [6, 6.07) is 1.07. The van der Waals surface area contributed by atoms with Crippen LogP contribution < -0.4 is 0 Å². The summed E-state index contributed by atoms with van der Waals surface area (Å²) in [4.78, 5) is -0.313. The van der Waals surface area contributed by atoms with E-state index in [1.54, 1.807) is 0 Å². The number of unbranched alkanes of at least 4 members (excludes halogenated alkanes) is 15. The standard InChI is InChI=1S/C25H47NO5S/c1-3-4-5-6-7-8-9-10-11-12-13-14-15-16-17-18-19-26-24(28)20-23(25(26)29)32(30,31)21-22(2)27/h20,22,27-29H,3-19,21H2,1-2H3. The number of aromatic nitrogens is 1. The molecule has 1 heterocycles. The lowest BCUT2D eigenvalue weighted by Crippen LogP contribution is -2.17. The summed E-state index contributed by atoms with van der Waals surface area (Å²) < 4.78 is 25.7. The van der Waals surface area contributed by atoms with Gasteiger partial charge in [-0.1, -0.05) is 103 Å². The summed E-state index contributed by atoms with van der Waals surface area (Å²) in [6.45, 7) is 4.01. The van der Waals surface area contributed by atoms with Gasteiger partial charge >= 0.3 is 0 Å². The van der Waals surface area contributed by atoms with Crippen LogP contribution in [0.25, 0.3) is 0 Å². The van der Waals surface area contributed by atoms with Crippen LogP contribution in [0.15, 0.2) is 11.0 Å². The van der Waals surface area contributed by atoms with Gasteiger partial charge in [-0.15, -0.1) is 0 Å². The second kappa shape index (κ2) is 16.4. The first-order valence-electron chi connectivity index (χ1n) is 12.8. The van der Waals surface area contributed by atoms with Crippen LogP contribution in [0, 0.1) is 0 Å². The molecular weight excluding hydrogens is 426 g/mol. The largest absolute Gasteiger partial charge is 0.494 e. The van der Waals surface area contributed by atoms with Crippen molar-refractivity contribution in [3.8, 4) is 11.8 Å². The summed E-state index contributed by atoms with van der Waals surface area (Å²) in [5, 5.41) is 29.6. The molecule has 0 amide bonds. The maximum Gasteiger partial charge on any atom is 0.213 e. The number of aliphatic hydroxyl groups excluding tert-OH is 1. The molecule has 0 radical (unpaired) electrons. The van der Waals surface area contributed by atoms with Gasteiger partial charge in [-0.3, -0.25) is 4.57 Å². The van der Waals surface area contributed by atoms with Gasteiger partial charge in [0.2, 0.25) is 5.88 Å². The lowest BCUT2D eigenvalue weighted by Gasteiger charge is -2.08. The quantitative estimate of drug-likeness (QED) is 0.193. The van der Waals surface area contributed by atoms with Crippen LogP contribution >= 0.6 is 0 Å². The molecule has 0 aliphatic rings. The molecule has 0 aliphatic heterocycles. The van der Waals surface area contributed by atoms with Crippen molar-refractivity contribution in [2.75, 3.05) is 5.75 Å². The van der Waals surface area contributed by atoms with Gasteiger partial charge in [0, 0.05) is 12.6 Å². The van der Waals surface area contributed by atoms with E-state index < -0.39 is 27.6 Å². The molecule has 0 fully saturated rings. The van der Waals surface area contributed by atoms with E-state index in [1.165, 1.54) is 95.0 Å². The number of rotatable bonds is 20. The second-order valence-corrected chi connectivity index (χ2v) is 11.3. The molecule has 1 rings (SSSR count). The molecule has 1 aromatic rings. The predicted octanol–water partition coefficient (Wildman–Crippen LogP) is 6.32. The van der Waals surface area contributed by atoms with Crippen LogP contribution in [0.4, 0.5) is 0 Å². The number of aromatic hydroxyl groups is 2. The first-order valence-corrected chi connectivity index (χ1v) is 14.5. The van der Waals surface area contributed by atoms with Gasteiger partial charge in [0.1, 0.15) is 4.90 Å². The van der Waals surface area contributed by atoms with Crippen LogP contribution in [0.3, 0.4) is 0 Å². The molecule has 0 aromatic carbocycles. The Morgan fingerprint density at radius 2 is 1.19 bits per heavy atom. The Morgan fingerprint density at radius 1 is 0.781 bits per heavy atom. The summed E-state index contributed by atoms with van der Waals surface area (Å²) in [5.74, 6) is -1.18. The van der Waals surface area contributed by atoms with Crippen LogP contribution in [0.5, 0.6) is 11.8 Å². The fraction of sp³-hybridized carbons (Fsp3) is 0.840. The van der Waals surface area contributed by atoms with Crippen molar-refractivity contribution in [3.63, 3.8) is 0 Å². The van der Waals surface area contributed by atoms with Crippen molar-refractivity contribution in [2.45, 2.75) is 134 Å². The fourth-order valence-electron chi connectivity index (χ4n) is 4.18. The average molecular weight is 474 g/mol. The number of nitrogens with zero attached hydrogens (tertiary/aromatic N) is 1. The van der Waals surface area contributed by atoms with Gasteiger partial charge in [-0.2, -0.15) is 0 Å². The Morgan fingerprint density at radius 3 is 1.59 bits per heavy atom. The zero-order valence-electron chi connectivity index (χ0n) is 20.4. The highest BCUT2D eigenvalue weighted by Gasteiger charge is 2.26. The first kappa shape index (κ1) is 28.8. The molecule has 188 valence electrons. The van der Waals surface area contributed by atoms with E-state index in [1.807, 2.05) is 0 Å². The predicted molar refractivity (Wildman–Crippen MR) is 131 cm³/mol. The van der Waals surface area contributed by atoms with Gasteiger partial charge < -0.3 is 15.3 Å². The molecule has 6 nitrogen and oxygen atoms in total. The Balaban J connectivity index is 2.08. The van der Waals surface area contributed by atoms with Crippen molar-refractivity contribution in [1.29, 1.82) is 0 Å². The van der Waals surface area contributed by atoms with Crippen LogP contribution in [0.1, 0.15) is 117 Å². The molecule has 0 aliphatic carbocycles. The van der Waals surface area contributed by atoms with E-state index in [2.05, 4.69) is 6.92 Å². The minimum absolute atomic E-state index is 0.257. The summed E-state index contributed by atoms with van der Waals surface area (Å²) >= 11 is 0. The number of sulfone groups is 1. The highest BCUT2D eigenvalue weighted by molar-refractivity contribution is 7.91. The monoisotopic (exact) mass is 473 g/mol. The molecule has 1 atom stereocenters. The molecule has 0 saturated carbocycles. The van der Waals surface area contributed by atoms with Crippen LogP contribution in [0.2, 0.25) is 0 Å². The maximum absolute atomic E-state index is 12.2. The van der Waals surface area contributed by atoms with E-state index in [4.69, 9.17) is 0 Å². The molecule has 7 heteroatoms.